The van der Waals surface area contributed by atoms with Crippen LogP contribution in [0.1, 0.15) is 33.1 Å². The van der Waals surface area contributed by atoms with Crippen molar-refractivity contribution in [1.29, 1.82) is 0 Å². The molecule has 6 nitrogen and oxygen atoms in total. The maximum absolute atomic E-state index is 12.6. The number of carboxylic acid groups (broad SMARTS) is 1. The molecule has 2 rings (SSSR count). The molecule has 0 bridgehead atoms. The van der Waals surface area contributed by atoms with Crippen molar-refractivity contribution in [2.45, 2.75) is 51.2 Å². The van der Waals surface area contributed by atoms with Crippen LogP contribution in [0, 0.1) is 0 Å². The van der Waals surface area contributed by atoms with Gasteiger partial charge in [-0.2, -0.15) is 11.8 Å². The SMILES string of the molecule is CCC(CC)N1C(=O)CC(N2CCSCC2C(=O)O)C1=O. The van der Waals surface area contributed by atoms with Crippen molar-refractivity contribution < 1.29 is 19.5 Å². The number of hydrogen-bond donors (Lipinski definition) is 1. The van der Waals surface area contributed by atoms with Crippen molar-refractivity contribution in [2.75, 3.05) is 18.1 Å². The van der Waals surface area contributed by atoms with E-state index in [2.05, 4.69) is 0 Å². The fraction of sp³-hybridized carbons (Fsp3) is 0.786. The normalized spacial score (nSPS) is 27.7. The van der Waals surface area contributed by atoms with E-state index in [1.807, 2.05) is 13.8 Å². The van der Waals surface area contributed by atoms with E-state index in [1.165, 1.54) is 4.90 Å². The predicted octanol–water partition coefficient (Wildman–Crippen LogP) is 0.805. The van der Waals surface area contributed by atoms with Gasteiger partial charge in [0, 0.05) is 24.1 Å². The zero-order chi connectivity index (χ0) is 15.6. The third-order valence-electron chi connectivity index (χ3n) is 4.32. The zero-order valence-corrected chi connectivity index (χ0v) is 13.3. The van der Waals surface area contributed by atoms with Gasteiger partial charge in [0.2, 0.25) is 11.8 Å². The summed E-state index contributed by atoms with van der Waals surface area (Å²) in [6, 6.07) is -1.34. The summed E-state index contributed by atoms with van der Waals surface area (Å²) in [5, 5.41) is 9.32. The summed E-state index contributed by atoms with van der Waals surface area (Å²) in [5.41, 5.74) is 0. The van der Waals surface area contributed by atoms with E-state index in [1.54, 1.807) is 16.7 Å². The van der Waals surface area contributed by atoms with Gasteiger partial charge in [-0.3, -0.25) is 24.2 Å². The molecule has 0 radical (unpaired) electrons. The lowest BCUT2D eigenvalue weighted by Crippen LogP contribution is -2.55. The van der Waals surface area contributed by atoms with Crippen LogP contribution >= 0.6 is 11.8 Å². The van der Waals surface area contributed by atoms with Crippen molar-refractivity contribution >= 4 is 29.5 Å². The Balaban J connectivity index is 2.19. The molecular formula is C14H22N2O4S. The predicted molar refractivity (Wildman–Crippen MR) is 80.1 cm³/mol. The van der Waals surface area contributed by atoms with E-state index in [0.29, 0.717) is 12.3 Å². The largest absolute Gasteiger partial charge is 0.480 e. The molecule has 0 aliphatic carbocycles. The van der Waals surface area contributed by atoms with Crippen molar-refractivity contribution in [2.24, 2.45) is 0 Å². The Hall–Kier alpha value is -1.08. The monoisotopic (exact) mass is 314 g/mol. The number of nitrogens with zero attached hydrogens (tertiary/aromatic N) is 2. The maximum Gasteiger partial charge on any atom is 0.321 e. The Morgan fingerprint density at radius 2 is 2.05 bits per heavy atom. The van der Waals surface area contributed by atoms with Gasteiger partial charge in [-0.1, -0.05) is 13.8 Å². The van der Waals surface area contributed by atoms with Crippen LogP contribution in [0.4, 0.5) is 0 Å². The minimum absolute atomic E-state index is 0.0718. The number of amides is 2. The standard InChI is InChI=1S/C14H22N2O4S/c1-3-9(4-2)16-12(17)7-10(13(16)18)15-5-6-21-8-11(15)14(19)20/h9-11H,3-8H2,1-2H3,(H,19,20). The second kappa shape index (κ2) is 6.79. The first-order chi connectivity index (χ1) is 10.0. The van der Waals surface area contributed by atoms with Gasteiger partial charge in [0.25, 0.3) is 0 Å². The lowest BCUT2D eigenvalue weighted by atomic mass is 10.1. The third kappa shape index (κ3) is 3.08. The summed E-state index contributed by atoms with van der Waals surface area (Å²) in [4.78, 5) is 39.3. The highest BCUT2D eigenvalue weighted by molar-refractivity contribution is 7.99. The van der Waals surface area contributed by atoms with Crippen molar-refractivity contribution in [3.05, 3.63) is 0 Å². The number of hydrogen-bond acceptors (Lipinski definition) is 5. The average molecular weight is 314 g/mol. The van der Waals surface area contributed by atoms with Crippen LogP contribution < -0.4 is 0 Å². The molecule has 0 aromatic carbocycles. The van der Waals surface area contributed by atoms with Crippen LogP contribution in [0.5, 0.6) is 0 Å². The van der Waals surface area contributed by atoms with Gasteiger partial charge in [-0.15, -0.1) is 0 Å². The number of likely N-dealkylation sites (tertiary alicyclic amines) is 1. The molecule has 0 spiro atoms. The highest BCUT2D eigenvalue weighted by Gasteiger charge is 2.47. The Morgan fingerprint density at radius 1 is 1.38 bits per heavy atom. The average Bonchev–Trinajstić information content (AvgIpc) is 2.77. The highest BCUT2D eigenvalue weighted by atomic mass is 32.2. The zero-order valence-electron chi connectivity index (χ0n) is 12.4. The Kier molecular flexibility index (Phi) is 5.27. The van der Waals surface area contributed by atoms with Crippen LogP contribution in [-0.2, 0) is 14.4 Å². The van der Waals surface area contributed by atoms with E-state index in [4.69, 9.17) is 0 Å². The molecule has 21 heavy (non-hydrogen) atoms. The first-order valence-electron chi connectivity index (χ1n) is 7.43. The fourth-order valence-electron chi connectivity index (χ4n) is 3.13. The van der Waals surface area contributed by atoms with Crippen LogP contribution in [0.2, 0.25) is 0 Å². The molecule has 2 atom stereocenters. The van der Waals surface area contributed by atoms with E-state index in [-0.39, 0.29) is 24.3 Å². The van der Waals surface area contributed by atoms with E-state index in [0.717, 1.165) is 18.6 Å². The minimum Gasteiger partial charge on any atom is -0.480 e. The first kappa shape index (κ1) is 16.3. The molecule has 0 saturated carbocycles. The molecule has 2 unspecified atom stereocenters. The van der Waals surface area contributed by atoms with Crippen LogP contribution in [0.15, 0.2) is 0 Å². The topological polar surface area (TPSA) is 77.9 Å². The first-order valence-corrected chi connectivity index (χ1v) is 8.58. The summed E-state index contributed by atoms with van der Waals surface area (Å²) in [5.74, 6) is -0.0262. The lowest BCUT2D eigenvalue weighted by Gasteiger charge is -2.36. The molecule has 0 aromatic rings. The van der Waals surface area contributed by atoms with Crippen molar-refractivity contribution in [3.63, 3.8) is 0 Å². The van der Waals surface area contributed by atoms with Crippen molar-refractivity contribution in [3.8, 4) is 0 Å². The minimum atomic E-state index is -0.913. The van der Waals surface area contributed by atoms with Gasteiger partial charge in [0.15, 0.2) is 0 Å². The van der Waals surface area contributed by atoms with Gasteiger partial charge in [-0.25, -0.2) is 0 Å². The molecule has 2 aliphatic heterocycles. The second-order valence-electron chi connectivity index (χ2n) is 5.46. The molecular weight excluding hydrogens is 292 g/mol. The molecule has 2 fully saturated rings. The number of carboxylic acids is 1. The highest BCUT2D eigenvalue weighted by Crippen LogP contribution is 2.28. The van der Waals surface area contributed by atoms with E-state index < -0.39 is 18.1 Å². The van der Waals surface area contributed by atoms with Gasteiger partial charge >= 0.3 is 5.97 Å². The number of carbonyl (C=O) groups excluding carboxylic acids is 2. The van der Waals surface area contributed by atoms with E-state index in [9.17, 15) is 19.5 Å². The Bertz CT molecular complexity index is 439. The maximum atomic E-state index is 12.6. The van der Waals surface area contributed by atoms with Gasteiger partial charge < -0.3 is 5.11 Å². The number of aliphatic carboxylic acids is 1. The number of thioether (sulfide) groups is 1. The van der Waals surface area contributed by atoms with Crippen LogP contribution in [0.25, 0.3) is 0 Å². The fourth-order valence-corrected chi connectivity index (χ4v) is 4.20. The second-order valence-corrected chi connectivity index (χ2v) is 6.61. The summed E-state index contributed by atoms with van der Waals surface area (Å²) in [6.45, 7) is 4.46. The molecule has 2 amide bonds. The quantitative estimate of drug-likeness (QED) is 0.757. The molecule has 0 aromatic heterocycles. The summed E-state index contributed by atoms with van der Waals surface area (Å²) >= 11 is 1.58. The molecule has 2 aliphatic rings. The van der Waals surface area contributed by atoms with Crippen LogP contribution in [0.3, 0.4) is 0 Å². The molecule has 1 N–H and O–H groups in total. The van der Waals surface area contributed by atoms with Crippen LogP contribution in [-0.4, -0.2) is 68.9 Å². The Labute approximate surface area is 128 Å². The number of rotatable bonds is 5. The third-order valence-corrected chi connectivity index (χ3v) is 5.34. The number of imide groups is 1. The van der Waals surface area contributed by atoms with Gasteiger partial charge in [0.1, 0.15) is 6.04 Å². The van der Waals surface area contributed by atoms with Gasteiger partial charge in [0.05, 0.1) is 12.5 Å². The molecule has 7 heteroatoms. The van der Waals surface area contributed by atoms with Gasteiger partial charge in [-0.05, 0) is 12.8 Å². The van der Waals surface area contributed by atoms with E-state index >= 15 is 0 Å². The molecule has 2 saturated heterocycles. The summed E-state index contributed by atoms with van der Waals surface area (Å²) in [7, 11) is 0. The summed E-state index contributed by atoms with van der Waals surface area (Å²) in [6.07, 6.45) is 1.58. The molecule has 2 heterocycles. The lowest BCUT2D eigenvalue weighted by molar-refractivity contribution is -0.146. The summed E-state index contributed by atoms with van der Waals surface area (Å²) < 4.78 is 0. The van der Waals surface area contributed by atoms with Crippen molar-refractivity contribution in [1.82, 2.24) is 9.80 Å². The Morgan fingerprint density at radius 3 is 2.62 bits per heavy atom. The smallest absolute Gasteiger partial charge is 0.321 e. The molecule has 118 valence electrons. The number of carbonyl (C=O) groups is 3.